The first-order valence-corrected chi connectivity index (χ1v) is 0.622. The molecule has 0 aliphatic rings. The Morgan fingerprint density at radius 2 is 1.60 bits per heavy atom. The molecule has 1 radical (unpaired) electrons. The number of nitrogens with one attached hydrogen (secondary N) is 1. The molecule has 0 saturated carbocycles. The molecule has 0 saturated heterocycles. The zero-order chi connectivity index (χ0) is 2.71. The molecule has 0 rings (SSSR count). The van der Waals surface area contributed by atoms with Crippen LogP contribution in [0.4, 0.5) is 0 Å². The fraction of sp³-hybridized carbons (Fsp3) is 0.500. The van der Waals surface area contributed by atoms with Crippen LogP contribution < -0.4 is 5.73 Å². The SMILES string of the molecule is C.N=CN.[Y]. The predicted octanol–water partition coefficient (Wildman–Crippen LogP) is 0.186. The molecule has 0 atom stereocenters. The first kappa shape index (κ1) is 17.6. The molecule has 0 aromatic heterocycles. The maximum atomic E-state index is 5.86. The Morgan fingerprint density at radius 1 is 1.60 bits per heavy atom. The van der Waals surface area contributed by atoms with Gasteiger partial charge in [0.1, 0.15) is 0 Å². The number of hydrogen-bond donors (Lipinski definition) is 2. The van der Waals surface area contributed by atoms with Gasteiger partial charge in [-0.3, -0.25) is 5.41 Å². The van der Waals surface area contributed by atoms with Crippen molar-refractivity contribution in [3.05, 3.63) is 0 Å². The van der Waals surface area contributed by atoms with E-state index in [4.69, 9.17) is 5.41 Å². The third-order valence-electron chi connectivity index (χ3n) is 0. The zero-order valence-corrected chi connectivity index (χ0v) is 5.07. The summed E-state index contributed by atoms with van der Waals surface area (Å²) < 4.78 is 0. The van der Waals surface area contributed by atoms with Gasteiger partial charge in [0.25, 0.3) is 0 Å². The summed E-state index contributed by atoms with van der Waals surface area (Å²) in [7, 11) is 0. The van der Waals surface area contributed by atoms with E-state index in [1.54, 1.807) is 0 Å². The molecule has 0 aromatic rings. The second kappa shape index (κ2) is 23.6. The molecule has 0 heterocycles. The fourth-order valence-electron chi connectivity index (χ4n) is 0. The van der Waals surface area contributed by atoms with Crippen molar-refractivity contribution in [3.63, 3.8) is 0 Å². The summed E-state index contributed by atoms with van der Waals surface area (Å²) >= 11 is 0. The summed E-state index contributed by atoms with van der Waals surface area (Å²) in [5.74, 6) is 0. The van der Waals surface area contributed by atoms with Gasteiger partial charge in [-0.15, -0.1) is 0 Å². The summed E-state index contributed by atoms with van der Waals surface area (Å²) in [6.07, 6.45) is 0.750. The van der Waals surface area contributed by atoms with E-state index in [9.17, 15) is 0 Å². The molecular weight excluding hydrogens is 141 g/mol. The van der Waals surface area contributed by atoms with Crippen LogP contribution in [0.1, 0.15) is 7.43 Å². The summed E-state index contributed by atoms with van der Waals surface area (Å²) in [6, 6.07) is 0. The van der Waals surface area contributed by atoms with Crippen LogP contribution in [0, 0.1) is 5.41 Å². The second-order valence-corrected chi connectivity index (χ2v) is 0.167. The second-order valence-electron chi connectivity index (χ2n) is 0.167. The van der Waals surface area contributed by atoms with Gasteiger partial charge in [-0.05, 0) is 0 Å². The van der Waals surface area contributed by atoms with Crippen LogP contribution in [0.15, 0.2) is 0 Å². The molecule has 3 N–H and O–H groups in total. The van der Waals surface area contributed by atoms with Gasteiger partial charge in [0, 0.05) is 32.7 Å². The maximum Gasteiger partial charge on any atom is 0.0765 e. The van der Waals surface area contributed by atoms with Crippen LogP contribution >= 0.6 is 0 Å². The Morgan fingerprint density at radius 3 is 1.60 bits per heavy atom. The quantitative estimate of drug-likeness (QED) is 0.374. The largest absolute Gasteiger partial charge is 0.390 e. The van der Waals surface area contributed by atoms with Gasteiger partial charge in [-0.25, -0.2) is 0 Å². The molecule has 0 amide bonds. The van der Waals surface area contributed by atoms with Gasteiger partial charge in [-0.2, -0.15) is 0 Å². The third-order valence-corrected chi connectivity index (χ3v) is 0. The Labute approximate surface area is 57.5 Å². The van der Waals surface area contributed by atoms with Gasteiger partial charge < -0.3 is 5.73 Å². The molecule has 5 heavy (non-hydrogen) atoms. The number of rotatable bonds is 0. The summed E-state index contributed by atoms with van der Waals surface area (Å²) in [6.45, 7) is 0. The summed E-state index contributed by atoms with van der Waals surface area (Å²) in [5, 5.41) is 5.86. The summed E-state index contributed by atoms with van der Waals surface area (Å²) in [5.41, 5.74) is 4.39. The minimum Gasteiger partial charge on any atom is -0.390 e. The minimum atomic E-state index is 0. The first-order chi connectivity index (χ1) is 1.41. The zero-order valence-electron chi connectivity index (χ0n) is 2.23. The Bertz CT molecular complexity index is 15.1. The predicted molar refractivity (Wildman–Crippen MR) is 19.7 cm³/mol. The normalized spacial score (nSPS) is 2.40. The van der Waals surface area contributed by atoms with Crippen molar-refractivity contribution in [2.75, 3.05) is 0 Å². The average Bonchev–Trinajstić information content (AvgIpc) is 0.918. The average molecular weight is 149 g/mol. The van der Waals surface area contributed by atoms with E-state index < -0.39 is 0 Å². The molecular formula is C2H8N2Y. The molecule has 29 valence electrons. The molecule has 0 spiro atoms. The molecule has 0 aromatic carbocycles. The Balaban J connectivity index is -0.0000000200. The monoisotopic (exact) mass is 149 g/mol. The van der Waals surface area contributed by atoms with E-state index in [1.165, 1.54) is 0 Å². The maximum absolute atomic E-state index is 5.86. The van der Waals surface area contributed by atoms with Crippen LogP contribution in [0.2, 0.25) is 0 Å². The van der Waals surface area contributed by atoms with Crippen molar-refractivity contribution < 1.29 is 32.7 Å². The molecule has 0 bridgehead atoms. The van der Waals surface area contributed by atoms with Gasteiger partial charge in [0.05, 0.1) is 6.34 Å². The van der Waals surface area contributed by atoms with E-state index in [1.807, 2.05) is 0 Å². The van der Waals surface area contributed by atoms with E-state index >= 15 is 0 Å². The molecule has 0 fully saturated rings. The number of hydrogen-bond acceptors (Lipinski definition) is 1. The van der Waals surface area contributed by atoms with Crippen LogP contribution in [0.3, 0.4) is 0 Å². The third kappa shape index (κ3) is 92.0. The number of nitrogens with two attached hydrogens (primary N) is 1. The van der Waals surface area contributed by atoms with Crippen molar-refractivity contribution in [1.82, 2.24) is 0 Å². The van der Waals surface area contributed by atoms with Crippen molar-refractivity contribution in [3.8, 4) is 0 Å². The smallest absolute Gasteiger partial charge is 0.0765 e. The van der Waals surface area contributed by atoms with E-state index in [2.05, 4.69) is 5.73 Å². The van der Waals surface area contributed by atoms with Gasteiger partial charge >= 0.3 is 0 Å². The molecule has 0 aliphatic carbocycles. The fourth-order valence-corrected chi connectivity index (χ4v) is 0. The van der Waals surface area contributed by atoms with Gasteiger partial charge in [0.15, 0.2) is 0 Å². The van der Waals surface area contributed by atoms with Crippen LogP contribution in [0.5, 0.6) is 0 Å². The topological polar surface area (TPSA) is 49.9 Å². The van der Waals surface area contributed by atoms with Crippen molar-refractivity contribution in [1.29, 1.82) is 5.41 Å². The standard InChI is InChI=1S/CH4N2.CH4.Y/c2-1-3;;/h1H,(H3,2,3);1H4;. The van der Waals surface area contributed by atoms with Crippen molar-refractivity contribution >= 4 is 6.34 Å². The molecule has 0 unspecified atom stereocenters. The van der Waals surface area contributed by atoms with E-state index in [-0.39, 0.29) is 40.1 Å². The van der Waals surface area contributed by atoms with E-state index in [0.29, 0.717) is 0 Å². The Kier molecular flexibility index (Phi) is 83.0. The van der Waals surface area contributed by atoms with Gasteiger partial charge in [0.2, 0.25) is 0 Å². The Hall–Kier alpha value is 0.574. The van der Waals surface area contributed by atoms with Crippen LogP contribution in [0.25, 0.3) is 0 Å². The molecule has 3 heteroatoms. The van der Waals surface area contributed by atoms with Crippen molar-refractivity contribution in [2.24, 2.45) is 5.73 Å². The van der Waals surface area contributed by atoms with Crippen molar-refractivity contribution in [2.45, 2.75) is 7.43 Å². The molecule has 2 nitrogen and oxygen atoms in total. The van der Waals surface area contributed by atoms with Crippen LogP contribution in [-0.2, 0) is 32.7 Å². The first-order valence-electron chi connectivity index (χ1n) is 0.622. The van der Waals surface area contributed by atoms with E-state index in [0.717, 1.165) is 6.34 Å². The van der Waals surface area contributed by atoms with Crippen LogP contribution in [-0.4, -0.2) is 6.34 Å². The minimum absolute atomic E-state index is 0. The molecule has 0 aliphatic heterocycles. The summed E-state index contributed by atoms with van der Waals surface area (Å²) in [4.78, 5) is 0. The van der Waals surface area contributed by atoms with Gasteiger partial charge in [-0.1, -0.05) is 7.43 Å².